The topological polar surface area (TPSA) is 54.5 Å². The Morgan fingerprint density at radius 3 is 2.88 bits per heavy atom. The van der Waals surface area contributed by atoms with Crippen molar-refractivity contribution in [3.63, 3.8) is 0 Å². The molecular formula is C12H12N4S. The summed E-state index contributed by atoms with van der Waals surface area (Å²) in [5.41, 5.74) is 2.20. The Labute approximate surface area is 104 Å². The highest BCUT2D eigenvalue weighted by Gasteiger charge is 2.12. The van der Waals surface area contributed by atoms with Gasteiger partial charge >= 0.3 is 0 Å². The van der Waals surface area contributed by atoms with Crippen LogP contribution in [0.4, 0.5) is 0 Å². The van der Waals surface area contributed by atoms with E-state index in [0.29, 0.717) is 0 Å². The molecule has 17 heavy (non-hydrogen) atoms. The van der Waals surface area contributed by atoms with Crippen molar-refractivity contribution >= 4 is 11.8 Å². The molecule has 1 heterocycles. The minimum absolute atomic E-state index is 0.137. The molecule has 0 unspecified atom stereocenters. The molecule has 0 amide bonds. The third-order valence-electron chi connectivity index (χ3n) is 2.36. The maximum atomic E-state index is 8.82. The third kappa shape index (κ3) is 2.48. The molecule has 0 bridgehead atoms. The largest absolute Gasteiger partial charge is 0.276 e. The summed E-state index contributed by atoms with van der Waals surface area (Å²) in [5, 5.41) is 17.4. The lowest BCUT2D eigenvalue weighted by Crippen LogP contribution is -2.00. The van der Waals surface area contributed by atoms with Gasteiger partial charge in [0.2, 0.25) is 0 Å². The van der Waals surface area contributed by atoms with E-state index in [-0.39, 0.29) is 5.25 Å². The van der Waals surface area contributed by atoms with Crippen LogP contribution in [0.1, 0.15) is 12.5 Å². The van der Waals surface area contributed by atoms with Crippen molar-refractivity contribution in [3.05, 3.63) is 36.2 Å². The second kappa shape index (κ2) is 5.02. The molecule has 0 saturated carbocycles. The van der Waals surface area contributed by atoms with Gasteiger partial charge in [0, 0.05) is 0 Å². The van der Waals surface area contributed by atoms with Crippen LogP contribution in [0.3, 0.4) is 0 Å². The van der Waals surface area contributed by atoms with Crippen LogP contribution in [-0.2, 0) is 0 Å². The first-order chi connectivity index (χ1) is 8.22. The Hall–Kier alpha value is -1.80. The van der Waals surface area contributed by atoms with Gasteiger partial charge in [-0.1, -0.05) is 30.0 Å². The molecule has 1 aromatic carbocycles. The SMILES string of the molecule is Cc1ccccc1-n1cnnc1S[C@@H](C)C#N. The van der Waals surface area contributed by atoms with E-state index in [1.807, 2.05) is 42.7 Å². The van der Waals surface area contributed by atoms with Crippen molar-refractivity contribution in [2.24, 2.45) is 0 Å². The van der Waals surface area contributed by atoms with E-state index < -0.39 is 0 Å². The van der Waals surface area contributed by atoms with E-state index in [2.05, 4.69) is 16.3 Å². The summed E-state index contributed by atoms with van der Waals surface area (Å²) in [7, 11) is 0. The summed E-state index contributed by atoms with van der Waals surface area (Å²) in [5.74, 6) is 0. The molecule has 2 rings (SSSR count). The molecule has 0 fully saturated rings. The summed E-state index contributed by atoms with van der Waals surface area (Å²) < 4.78 is 1.91. The number of aryl methyl sites for hydroxylation is 1. The fraction of sp³-hybridized carbons (Fsp3) is 0.250. The van der Waals surface area contributed by atoms with Crippen molar-refractivity contribution < 1.29 is 0 Å². The zero-order valence-corrected chi connectivity index (χ0v) is 10.5. The summed E-state index contributed by atoms with van der Waals surface area (Å²) in [6.07, 6.45) is 1.68. The first-order valence-electron chi connectivity index (χ1n) is 5.24. The van der Waals surface area contributed by atoms with Crippen LogP contribution in [0, 0.1) is 18.3 Å². The number of nitriles is 1. The summed E-state index contributed by atoms with van der Waals surface area (Å²) in [6, 6.07) is 10.2. The smallest absolute Gasteiger partial charge is 0.196 e. The molecule has 1 aromatic heterocycles. The quantitative estimate of drug-likeness (QED) is 0.779. The van der Waals surface area contributed by atoms with Gasteiger partial charge in [-0.2, -0.15) is 5.26 Å². The highest BCUT2D eigenvalue weighted by Crippen LogP contribution is 2.24. The number of nitrogens with zero attached hydrogens (tertiary/aromatic N) is 4. The molecule has 0 spiro atoms. The number of thioether (sulfide) groups is 1. The molecule has 0 aliphatic carbocycles. The predicted octanol–water partition coefficient (Wildman–Crippen LogP) is 2.58. The van der Waals surface area contributed by atoms with Gasteiger partial charge < -0.3 is 0 Å². The van der Waals surface area contributed by atoms with Gasteiger partial charge in [0.25, 0.3) is 0 Å². The van der Waals surface area contributed by atoms with Gasteiger partial charge in [0.1, 0.15) is 6.33 Å². The second-order valence-corrected chi connectivity index (χ2v) is 4.97. The monoisotopic (exact) mass is 244 g/mol. The van der Waals surface area contributed by atoms with E-state index in [1.165, 1.54) is 11.8 Å². The van der Waals surface area contributed by atoms with Crippen molar-refractivity contribution in [2.75, 3.05) is 0 Å². The molecule has 0 radical (unpaired) electrons. The Bertz CT molecular complexity index is 556. The van der Waals surface area contributed by atoms with Crippen LogP contribution >= 0.6 is 11.8 Å². The molecule has 2 aromatic rings. The summed E-state index contributed by atoms with van der Waals surface area (Å²) >= 11 is 1.41. The molecular weight excluding hydrogens is 232 g/mol. The number of aromatic nitrogens is 3. The number of hydrogen-bond acceptors (Lipinski definition) is 4. The van der Waals surface area contributed by atoms with Crippen LogP contribution in [0.25, 0.3) is 5.69 Å². The number of para-hydroxylation sites is 1. The minimum Gasteiger partial charge on any atom is -0.276 e. The van der Waals surface area contributed by atoms with Crippen LogP contribution in [0.5, 0.6) is 0 Å². The van der Waals surface area contributed by atoms with Gasteiger partial charge in [0.15, 0.2) is 5.16 Å². The van der Waals surface area contributed by atoms with E-state index in [0.717, 1.165) is 16.4 Å². The fourth-order valence-corrected chi connectivity index (χ4v) is 2.21. The normalized spacial score (nSPS) is 12.1. The zero-order valence-electron chi connectivity index (χ0n) is 9.66. The molecule has 86 valence electrons. The van der Waals surface area contributed by atoms with Crippen molar-refractivity contribution in [3.8, 4) is 11.8 Å². The van der Waals surface area contributed by atoms with E-state index in [4.69, 9.17) is 5.26 Å². The van der Waals surface area contributed by atoms with Crippen molar-refractivity contribution in [1.29, 1.82) is 5.26 Å². The highest BCUT2D eigenvalue weighted by atomic mass is 32.2. The highest BCUT2D eigenvalue weighted by molar-refractivity contribution is 8.00. The van der Waals surface area contributed by atoms with E-state index in [9.17, 15) is 0 Å². The van der Waals surface area contributed by atoms with Crippen LogP contribution in [-0.4, -0.2) is 20.0 Å². The average molecular weight is 244 g/mol. The molecule has 5 heteroatoms. The Morgan fingerprint density at radius 1 is 1.41 bits per heavy atom. The zero-order chi connectivity index (χ0) is 12.3. The minimum atomic E-state index is -0.137. The lowest BCUT2D eigenvalue weighted by atomic mass is 10.2. The molecule has 0 saturated heterocycles. The first kappa shape index (κ1) is 11.7. The van der Waals surface area contributed by atoms with Crippen molar-refractivity contribution in [1.82, 2.24) is 14.8 Å². The predicted molar refractivity (Wildman–Crippen MR) is 67.0 cm³/mol. The number of rotatable bonds is 3. The molecule has 1 atom stereocenters. The fourth-order valence-electron chi connectivity index (χ4n) is 1.49. The number of benzene rings is 1. The molecule has 0 aliphatic rings. The lowest BCUT2D eigenvalue weighted by Gasteiger charge is -2.09. The molecule has 4 nitrogen and oxygen atoms in total. The van der Waals surface area contributed by atoms with Gasteiger partial charge in [-0.25, -0.2) is 0 Å². The second-order valence-electron chi connectivity index (χ2n) is 3.66. The van der Waals surface area contributed by atoms with E-state index in [1.54, 1.807) is 6.33 Å². The van der Waals surface area contributed by atoms with Gasteiger partial charge in [-0.15, -0.1) is 10.2 Å². The maximum absolute atomic E-state index is 8.82. The van der Waals surface area contributed by atoms with Crippen LogP contribution in [0.15, 0.2) is 35.7 Å². The van der Waals surface area contributed by atoms with Gasteiger partial charge in [0.05, 0.1) is 17.0 Å². The standard InChI is InChI=1S/C12H12N4S/c1-9-5-3-4-6-11(9)16-8-14-15-12(16)17-10(2)7-13/h3-6,8,10H,1-2H3/t10-/m0/s1. The van der Waals surface area contributed by atoms with Gasteiger partial charge in [-0.3, -0.25) is 4.57 Å². The Morgan fingerprint density at radius 2 is 2.18 bits per heavy atom. The maximum Gasteiger partial charge on any atom is 0.196 e. The van der Waals surface area contributed by atoms with Crippen LogP contribution in [0.2, 0.25) is 0 Å². The summed E-state index contributed by atoms with van der Waals surface area (Å²) in [6.45, 7) is 3.89. The Balaban J connectivity index is 2.38. The first-order valence-corrected chi connectivity index (χ1v) is 6.12. The Kier molecular flexibility index (Phi) is 3.45. The molecule has 0 aliphatic heterocycles. The van der Waals surface area contributed by atoms with Crippen LogP contribution < -0.4 is 0 Å². The lowest BCUT2D eigenvalue weighted by molar-refractivity contribution is 0.875. The molecule has 0 N–H and O–H groups in total. The van der Waals surface area contributed by atoms with Gasteiger partial charge in [-0.05, 0) is 25.5 Å². The summed E-state index contributed by atoms with van der Waals surface area (Å²) in [4.78, 5) is 0. The van der Waals surface area contributed by atoms with Crippen molar-refractivity contribution in [2.45, 2.75) is 24.3 Å². The number of hydrogen-bond donors (Lipinski definition) is 0. The third-order valence-corrected chi connectivity index (χ3v) is 3.30. The average Bonchev–Trinajstić information content (AvgIpc) is 2.77. The van der Waals surface area contributed by atoms with E-state index >= 15 is 0 Å².